The zero-order valence-corrected chi connectivity index (χ0v) is 14.2. The number of nitrogens with two attached hydrogens (primary N) is 1. The average Bonchev–Trinajstić information content (AvgIpc) is 3.00. The van der Waals surface area contributed by atoms with E-state index in [1.54, 1.807) is 0 Å². The SMILES string of the molecule is N=C(/C=C(\N)C(NC(=O)C1CNC(=O)N1)c1ccc(F)c(Cl)c1)C(F)(F)F. The van der Waals surface area contributed by atoms with Crippen molar-refractivity contribution in [3.8, 4) is 0 Å². The highest BCUT2D eigenvalue weighted by atomic mass is 35.5. The van der Waals surface area contributed by atoms with E-state index in [4.69, 9.17) is 22.7 Å². The van der Waals surface area contributed by atoms with E-state index in [2.05, 4.69) is 16.0 Å². The molecule has 6 N–H and O–H groups in total. The molecular formula is C15H14ClF4N5O2. The van der Waals surface area contributed by atoms with Gasteiger partial charge in [0.05, 0.1) is 11.1 Å². The highest BCUT2D eigenvalue weighted by molar-refractivity contribution is 6.30. The van der Waals surface area contributed by atoms with Crippen molar-refractivity contribution in [3.05, 3.63) is 46.4 Å². The summed E-state index contributed by atoms with van der Waals surface area (Å²) >= 11 is 5.69. The molecule has 0 aromatic heterocycles. The fourth-order valence-electron chi connectivity index (χ4n) is 2.24. The van der Waals surface area contributed by atoms with Gasteiger partial charge in [-0.2, -0.15) is 13.2 Å². The predicted octanol–water partition coefficient (Wildman–Crippen LogP) is 1.74. The van der Waals surface area contributed by atoms with Crippen LogP contribution in [0.5, 0.6) is 0 Å². The number of allylic oxidation sites excluding steroid dienone is 1. The molecule has 3 amide bonds. The molecule has 146 valence electrons. The van der Waals surface area contributed by atoms with E-state index in [0.717, 1.165) is 12.1 Å². The molecule has 1 saturated heterocycles. The third-order valence-corrected chi connectivity index (χ3v) is 3.89. The maximum atomic E-state index is 13.4. The molecule has 0 bridgehead atoms. The van der Waals surface area contributed by atoms with Gasteiger partial charge in [0, 0.05) is 12.2 Å². The Bertz CT molecular complexity index is 812. The minimum Gasteiger partial charge on any atom is -0.400 e. The lowest BCUT2D eigenvalue weighted by Gasteiger charge is -2.22. The van der Waals surface area contributed by atoms with Crippen LogP contribution in [-0.2, 0) is 4.79 Å². The van der Waals surface area contributed by atoms with Crippen molar-refractivity contribution in [3.63, 3.8) is 0 Å². The highest BCUT2D eigenvalue weighted by Crippen LogP contribution is 2.26. The second kappa shape index (κ2) is 7.82. The Hall–Kier alpha value is -2.82. The molecule has 1 aliphatic rings. The molecule has 27 heavy (non-hydrogen) atoms. The summed E-state index contributed by atoms with van der Waals surface area (Å²) in [5, 5.41) is 13.7. The van der Waals surface area contributed by atoms with Crippen LogP contribution in [0.15, 0.2) is 30.0 Å². The number of hydrogen-bond donors (Lipinski definition) is 5. The molecule has 2 atom stereocenters. The van der Waals surface area contributed by atoms with Gasteiger partial charge in [-0.3, -0.25) is 10.2 Å². The molecule has 1 fully saturated rings. The maximum absolute atomic E-state index is 13.4. The van der Waals surface area contributed by atoms with Crippen molar-refractivity contribution < 1.29 is 27.2 Å². The smallest absolute Gasteiger partial charge is 0.400 e. The topological polar surface area (TPSA) is 120 Å². The van der Waals surface area contributed by atoms with Crippen LogP contribution >= 0.6 is 11.6 Å². The Kier molecular flexibility index (Phi) is 5.94. The van der Waals surface area contributed by atoms with E-state index in [9.17, 15) is 27.2 Å². The number of nitrogens with one attached hydrogen (secondary N) is 4. The van der Waals surface area contributed by atoms with E-state index >= 15 is 0 Å². The molecule has 1 aromatic carbocycles. The first-order valence-electron chi connectivity index (χ1n) is 7.41. The van der Waals surface area contributed by atoms with Crippen molar-refractivity contribution in [1.29, 1.82) is 5.41 Å². The summed E-state index contributed by atoms with van der Waals surface area (Å²) in [7, 11) is 0. The number of urea groups is 1. The number of halogens is 5. The van der Waals surface area contributed by atoms with Gasteiger partial charge in [0.1, 0.15) is 17.6 Å². The summed E-state index contributed by atoms with van der Waals surface area (Å²) < 4.78 is 51.2. The van der Waals surface area contributed by atoms with E-state index in [1.165, 1.54) is 6.07 Å². The Morgan fingerprint density at radius 3 is 2.63 bits per heavy atom. The van der Waals surface area contributed by atoms with Gasteiger partial charge >= 0.3 is 12.2 Å². The highest BCUT2D eigenvalue weighted by Gasteiger charge is 2.34. The zero-order valence-electron chi connectivity index (χ0n) is 13.5. The Labute approximate surface area is 155 Å². The molecule has 2 rings (SSSR count). The average molecular weight is 408 g/mol. The number of carbonyl (C=O) groups excluding carboxylic acids is 2. The molecule has 2 unspecified atom stereocenters. The third-order valence-electron chi connectivity index (χ3n) is 3.60. The lowest BCUT2D eigenvalue weighted by Crippen LogP contribution is -2.45. The third kappa shape index (κ3) is 5.09. The predicted molar refractivity (Wildman–Crippen MR) is 88.7 cm³/mol. The summed E-state index contributed by atoms with van der Waals surface area (Å²) in [6.07, 6.45) is -4.60. The van der Waals surface area contributed by atoms with Crippen LogP contribution in [0, 0.1) is 11.2 Å². The van der Waals surface area contributed by atoms with Crippen LogP contribution in [-0.4, -0.2) is 36.4 Å². The minimum absolute atomic E-state index is 0.0381. The lowest BCUT2D eigenvalue weighted by atomic mass is 10.0. The second-order valence-electron chi connectivity index (χ2n) is 5.58. The second-order valence-corrected chi connectivity index (χ2v) is 5.99. The van der Waals surface area contributed by atoms with Gasteiger partial charge < -0.3 is 21.7 Å². The van der Waals surface area contributed by atoms with Gasteiger partial charge in [0.25, 0.3) is 0 Å². The molecule has 0 radical (unpaired) electrons. The standard InChI is InChI=1S/C15H14ClF4N5O2/c16-7-3-6(1-2-8(7)17)12(9(21)4-11(22)15(18,19)20)25-13(26)10-5-23-14(27)24-10/h1-4,10,12,22H,5,21H2,(H,25,26)(H2,23,24,27)/b9-4-,22-11?. The first kappa shape index (κ1) is 20.5. The first-order chi connectivity index (χ1) is 12.5. The van der Waals surface area contributed by atoms with E-state index in [-0.39, 0.29) is 17.1 Å². The van der Waals surface area contributed by atoms with Crippen LogP contribution in [0.1, 0.15) is 11.6 Å². The van der Waals surface area contributed by atoms with Gasteiger partial charge in [0.15, 0.2) is 0 Å². The summed E-state index contributed by atoms with van der Waals surface area (Å²) in [6.45, 7) is -0.0381. The number of amides is 3. The van der Waals surface area contributed by atoms with Gasteiger partial charge in [-0.15, -0.1) is 0 Å². The molecule has 7 nitrogen and oxygen atoms in total. The van der Waals surface area contributed by atoms with Gasteiger partial charge in [-0.05, 0) is 23.8 Å². The molecule has 1 aliphatic heterocycles. The number of benzene rings is 1. The van der Waals surface area contributed by atoms with Crippen molar-refractivity contribution >= 4 is 29.3 Å². The lowest BCUT2D eigenvalue weighted by molar-refractivity contribution is -0.123. The van der Waals surface area contributed by atoms with Crippen LogP contribution < -0.4 is 21.7 Å². The molecular weight excluding hydrogens is 394 g/mol. The summed E-state index contributed by atoms with van der Waals surface area (Å²) in [6, 6.07) is 0.319. The summed E-state index contributed by atoms with van der Waals surface area (Å²) in [5.41, 5.74) is 3.51. The fourth-order valence-corrected chi connectivity index (χ4v) is 2.43. The Balaban J connectivity index is 2.34. The largest absolute Gasteiger partial charge is 0.432 e. The van der Waals surface area contributed by atoms with Crippen LogP contribution in [0.3, 0.4) is 0 Å². The van der Waals surface area contributed by atoms with Gasteiger partial charge in [-0.1, -0.05) is 17.7 Å². The molecule has 0 saturated carbocycles. The van der Waals surface area contributed by atoms with Crippen LogP contribution in [0.25, 0.3) is 0 Å². The molecule has 0 aliphatic carbocycles. The van der Waals surface area contributed by atoms with Gasteiger partial charge in [-0.25, -0.2) is 9.18 Å². The zero-order chi connectivity index (χ0) is 20.4. The van der Waals surface area contributed by atoms with Crippen molar-refractivity contribution in [1.82, 2.24) is 16.0 Å². The summed E-state index contributed by atoms with van der Waals surface area (Å²) in [4.78, 5) is 23.4. The van der Waals surface area contributed by atoms with Crippen LogP contribution in [0.2, 0.25) is 5.02 Å². The molecule has 1 heterocycles. The normalized spacial score (nSPS) is 18.5. The molecule has 1 aromatic rings. The number of alkyl halides is 3. The summed E-state index contributed by atoms with van der Waals surface area (Å²) in [5.74, 6) is -1.52. The van der Waals surface area contributed by atoms with Crippen LogP contribution in [0.4, 0.5) is 22.4 Å². The van der Waals surface area contributed by atoms with E-state index in [1.807, 2.05) is 0 Å². The maximum Gasteiger partial charge on any atom is 0.432 e. The van der Waals surface area contributed by atoms with Crippen molar-refractivity contribution in [2.45, 2.75) is 18.3 Å². The Morgan fingerprint density at radius 1 is 1.44 bits per heavy atom. The number of hydrogen-bond acceptors (Lipinski definition) is 4. The van der Waals surface area contributed by atoms with Gasteiger partial charge in [0.2, 0.25) is 5.91 Å². The van der Waals surface area contributed by atoms with Crippen molar-refractivity contribution in [2.24, 2.45) is 5.73 Å². The Morgan fingerprint density at radius 2 is 2.11 bits per heavy atom. The number of carbonyl (C=O) groups is 2. The van der Waals surface area contributed by atoms with E-state index in [0.29, 0.717) is 6.08 Å². The molecule has 0 spiro atoms. The number of rotatable bonds is 5. The first-order valence-corrected chi connectivity index (χ1v) is 7.79. The monoisotopic (exact) mass is 407 g/mol. The van der Waals surface area contributed by atoms with Crippen molar-refractivity contribution in [2.75, 3.05) is 6.54 Å². The fraction of sp³-hybridized carbons (Fsp3) is 0.267. The minimum atomic E-state index is -4.94. The molecule has 12 heteroatoms. The quantitative estimate of drug-likeness (QED) is 0.377. The van der Waals surface area contributed by atoms with E-state index < -0.39 is 47.4 Å².